The number of hydrogen-bond acceptors (Lipinski definition) is 2. The van der Waals surface area contributed by atoms with Crippen molar-refractivity contribution in [3.05, 3.63) is 0 Å². The van der Waals surface area contributed by atoms with Crippen molar-refractivity contribution in [3.63, 3.8) is 0 Å². The fourth-order valence-electron chi connectivity index (χ4n) is 0.412. The zero-order chi connectivity index (χ0) is 7.28. The molecular formula is C7H14OS. The van der Waals surface area contributed by atoms with E-state index >= 15 is 0 Å². The maximum absolute atomic E-state index is 10.6. The molecule has 0 radical (unpaired) electrons. The Hall–Kier alpha value is 0.0200. The van der Waals surface area contributed by atoms with Gasteiger partial charge < -0.3 is 0 Å². The summed E-state index contributed by atoms with van der Waals surface area (Å²) in [6.45, 7) is 5.74. The molecule has 0 aromatic heterocycles. The van der Waals surface area contributed by atoms with E-state index in [2.05, 4.69) is 6.92 Å². The van der Waals surface area contributed by atoms with E-state index in [0.717, 1.165) is 11.5 Å². The molecule has 0 aliphatic carbocycles. The molecule has 0 aromatic rings. The highest BCUT2D eigenvalue weighted by molar-refractivity contribution is 7.99. The molecule has 0 aromatic carbocycles. The summed E-state index contributed by atoms with van der Waals surface area (Å²) in [5.41, 5.74) is 0. The highest BCUT2D eigenvalue weighted by Gasteiger charge is 2.05. The first-order valence-corrected chi connectivity index (χ1v) is 4.42. The highest BCUT2D eigenvalue weighted by atomic mass is 32.2. The van der Waals surface area contributed by atoms with Crippen LogP contribution >= 0.6 is 11.8 Å². The summed E-state index contributed by atoms with van der Waals surface area (Å²) in [7, 11) is 0. The first-order valence-electron chi connectivity index (χ1n) is 3.26. The van der Waals surface area contributed by atoms with Crippen molar-refractivity contribution in [2.45, 2.75) is 20.8 Å². The number of Topliss-reactive ketones (excluding diaryl/α,β-unsaturated/α-hetero) is 1. The third-order valence-electron chi connectivity index (χ3n) is 1.27. The van der Waals surface area contributed by atoms with Gasteiger partial charge in [-0.2, -0.15) is 11.8 Å². The molecule has 0 saturated carbocycles. The number of rotatable bonds is 4. The fourth-order valence-corrected chi connectivity index (χ4v) is 1.24. The quantitative estimate of drug-likeness (QED) is 0.603. The van der Waals surface area contributed by atoms with Gasteiger partial charge in [-0.05, 0) is 12.7 Å². The van der Waals surface area contributed by atoms with Crippen molar-refractivity contribution in [2.24, 2.45) is 5.92 Å². The van der Waals surface area contributed by atoms with E-state index in [1.165, 1.54) is 0 Å². The van der Waals surface area contributed by atoms with Gasteiger partial charge in [-0.1, -0.05) is 13.8 Å². The van der Waals surface area contributed by atoms with E-state index in [0.29, 0.717) is 5.78 Å². The van der Waals surface area contributed by atoms with Gasteiger partial charge in [0, 0.05) is 11.7 Å². The van der Waals surface area contributed by atoms with Crippen molar-refractivity contribution in [1.82, 2.24) is 0 Å². The smallest absolute Gasteiger partial charge is 0.133 e. The van der Waals surface area contributed by atoms with Crippen LogP contribution in [0.3, 0.4) is 0 Å². The summed E-state index contributed by atoms with van der Waals surface area (Å²) in [4.78, 5) is 10.6. The molecule has 0 saturated heterocycles. The Bertz CT molecular complexity index is 90.9. The normalized spacial score (nSPS) is 13.2. The van der Waals surface area contributed by atoms with Crippen LogP contribution in [-0.4, -0.2) is 17.3 Å². The van der Waals surface area contributed by atoms with E-state index in [-0.39, 0.29) is 5.92 Å². The third-order valence-corrected chi connectivity index (χ3v) is 2.41. The molecule has 54 valence electrons. The van der Waals surface area contributed by atoms with Crippen LogP contribution in [0.25, 0.3) is 0 Å². The monoisotopic (exact) mass is 146 g/mol. The van der Waals surface area contributed by atoms with Crippen LogP contribution < -0.4 is 0 Å². The lowest BCUT2D eigenvalue weighted by molar-refractivity contribution is -0.119. The summed E-state index contributed by atoms with van der Waals surface area (Å²) in [5, 5.41) is 0. The van der Waals surface area contributed by atoms with Crippen LogP contribution in [0.2, 0.25) is 0 Å². The third kappa shape index (κ3) is 4.52. The van der Waals surface area contributed by atoms with E-state index < -0.39 is 0 Å². The summed E-state index contributed by atoms with van der Waals surface area (Å²) in [5.74, 6) is 2.63. The maximum atomic E-state index is 10.6. The average molecular weight is 146 g/mol. The van der Waals surface area contributed by atoms with Gasteiger partial charge in [-0.25, -0.2) is 0 Å². The lowest BCUT2D eigenvalue weighted by Gasteiger charge is -2.03. The second kappa shape index (κ2) is 4.86. The Kier molecular flexibility index (Phi) is 4.87. The van der Waals surface area contributed by atoms with Gasteiger partial charge in [0.1, 0.15) is 5.78 Å². The molecule has 2 heteroatoms. The average Bonchev–Trinajstić information content (AvgIpc) is 1.82. The van der Waals surface area contributed by atoms with Crippen molar-refractivity contribution in [2.75, 3.05) is 11.5 Å². The Morgan fingerprint density at radius 1 is 1.67 bits per heavy atom. The van der Waals surface area contributed by atoms with E-state index in [1.807, 2.05) is 18.7 Å². The lowest BCUT2D eigenvalue weighted by Crippen LogP contribution is -2.08. The molecular weight excluding hydrogens is 132 g/mol. The van der Waals surface area contributed by atoms with Gasteiger partial charge in [-0.3, -0.25) is 4.79 Å². The molecule has 0 N–H and O–H groups in total. The zero-order valence-corrected chi connectivity index (χ0v) is 7.12. The number of hydrogen-bond donors (Lipinski definition) is 0. The SMILES string of the molecule is CCSCC(C)C(C)=O. The molecule has 0 bridgehead atoms. The predicted octanol–water partition coefficient (Wildman–Crippen LogP) is 1.96. The fraction of sp³-hybridized carbons (Fsp3) is 0.857. The summed E-state index contributed by atoms with van der Waals surface area (Å²) in [6, 6.07) is 0. The predicted molar refractivity (Wildman–Crippen MR) is 42.8 cm³/mol. The minimum Gasteiger partial charge on any atom is -0.300 e. The van der Waals surface area contributed by atoms with Gasteiger partial charge in [0.2, 0.25) is 0 Å². The van der Waals surface area contributed by atoms with Crippen LogP contribution in [0.1, 0.15) is 20.8 Å². The van der Waals surface area contributed by atoms with Crippen LogP contribution in [0.5, 0.6) is 0 Å². The van der Waals surface area contributed by atoms with Gasteiger partial charge in [0.05, 0.1) is 0 Å². The largest absolute Gasteiger partial charge is 0.300 e. The molecule has 1 unspecified atom stereocenters. The molecule has 0 aliphatic heterocycles. The van der Waals surface area contributed by atoms with Crippen molar-refractivity contribution >= 4 is 17.5 Å². The molecule has 0 aliphatic rings. The molecule has 9 heavy (non-hydrogen) atoms. The number of thioether (sulfide) groups is 1. The van der Waals surface area contributed by atoms with E-state index in [4.69, 9.17) is 0 Å². The topological polar surface area (TPSA) is 17.1 Å². The van der Waals surface area contributed by atoms with Gasteiger partial charge in [0.15, 0.2) is 0 Å². The molecule has 0 fully saturated rings. The van der Waals surface area contributed by atoms with Crippen molar-refractivity contribution in [3.8, 4) is 0 Å². The maximum Gasteiger partial charge on any atom is 0.133 e. The number of carbonyl (C=O) groups is 1. The summed E-state index contributed by atoms with van der Waals surface area (Å²) >= 11 is 1.82. The van der Waals surface area contributed by atoms with Crippen LogP contribution in [0, 0.1) is 5.92 Å². The second-order valence-electron chi connectivity index (χ2n) is 2.17. The van der Waals surface area contributed by atoms with Gasteiger partial charge in [0.25, 0.3) is 0 Å². The Morgan fingerprint density at radius 2 is 2.22 bits per heavy atom. The first-order chi connectivity index (χ1) is 4.18. The van der Waals surface area contributed by atoms with Crippen LogP contribution in [0.15, 0.2) is 0 Å². The minimum absolute atomic E-state index is 0.245. The highest BCUT2D eigenvalue weighted by Crippen LogP contribution is 2.07. The Morgan fingerprint density at radius 3 is 2.56 bits per heavy atom. The van der Waals surface area contributed by atoms with Crippen LogP contribution in [0.4, 0.5) is 0 Å². The first kappa shape index (κ1) is 9.02. The minimum atomic E-state index is 0.245. The lowest BCUT2D eigenvalue weighted by atomic mass is 10.1. The van der Waals surface area contributed by atoms with Gasteiger partial charge >= 0.3 is 0 Å². The standard InChI is InChI=1S/C7H14OS/c1-4-9-5-6(2)7(3)8/h6H,4-5H2,1-3H3. The molecule has 1 nitrogen and oxygen atoms in total. The Balaban J connectivity index is 3.27. The zero-order valence-electron chi connectivity index (χ0n) is 6.31. The Labute approximate surface area is 61.2 Å². The second-order valence-corrected chi connectivity index (χ2v) is 3.49. The molecule has 0 heterocycles. The van der Waals surface area contributed by atoms with Crippen LogP contribution in [-0.2, 0) is 4.79 Å². The molecule has 0 rings (SSSR count). The number of carbonyl (C=O) groups excluding carboxylic acids is 1. The van der Waals surface area contributed by atoms with Gasteiger partial charge in [-0.15, -0.1) is 0 Å². The molecule has 0 spiro atoms. The van der Waals surface area contributed by atoms with Crippen molar-refractivity contribution in [1.29, 1.82) is 0 Å². The summed E-state index contributed by atoms with van der Waals surface area (Å²) in [6.07, 6.45) is 0. The number of ketones is 1. The van der Waals surface area contributed by atoms with E-state index in [9.17, 15) is 4.79 Å². The molecule has 1 atom stereocenters. The van der Waals surface area contributed by atoms with Crippen molar-refractivity contribution < 1.29 is 4.79 Å². The molecule has 0 amide bonds. The summed E-state index contributed by atoms with van der Waals surface area (Å²) < 4.78 is 0. The van der Waals surface area contributed by atoms with E-state index in [1.54, 1.807) is 6.92 Å².